The van der Waals surface area contributed by atoms with Crippen LogP contribution in [0.15, 0.2) is 78.4 Å². The van der Waals surface area contributed by atoms with Crippen LogP contribution in [0.3, 0.4) is 0 Å². The zero-order valence-electron chi connectivity index (χ0n) is 16.4. The van der Waals surface area contributed by atoms with Gasteiger partial charge in [-0.3, -0.25) is 4.79 Å². The lowest BCUT2D eigenvalue weighted by Crippen LogP contribution is -2.49. The van der Waals surface area contributed by atoms with Gasteiger partial charge in [0.25, 0.3) is 5.91 Å². The smallest absolute Gasteiger partial charge is 0.253 e. The molecule has 30 heavy (non-hydrogen) atoms. The predicted molar refractivity (Wildman–Crippen MR) is 119 cm³/mol. The Labute approximate surface area is 179 Å². The highest BCUT2D eigenvalue weighted by molar-refractivity contribution is 7.13. The van der Waals surface area contributed by atoms with Crippen LogP contribution in [0.1, 0.15) is 10.4 Å². The van der Waals surface area contributed by atoms with Crippen LogP contribution in [0.25, 0.3) is 16.3 Å². The maximum atomic E-state index is 12.9. The number of aromatic nitrogens is 3. The van der Waals surface area contributed by atoms with Crippen molar-refractivity contribution in [2.45, 2.75) is 0 Å². The molecule has 1 aliphatic rings. The lowest BCUT2D eigenvalue weighted by atomic mass is 10.1. The van der Waals surface area contributed by atoms with Gasteiger partial charge in [0.1, 0.15) is 0 Å². The fraction of sp³-hybridized carbons (Fsp3) is 0.174. The molecule has 4 aromatic rings. The first kappa shape index (κ1) is 18.6. The largest absolute Gasteiger partial charge is 0.352 e. The molecule has 0 N–H and O–H groups in total. The Morgan fingerprint density at radius 1 is 0.800 bits per heavy atom. The Morgan fingerprint density at radius 2 is 1.50 bits per heavy atom. The van der Waals surface area contributed by atoms with Crippen LogP contribution >= 0.6 is 11.3 Å². The lowest BCUT2D eigenvalue weighted by Gasteiger charge is -2.35. The molecule has 7 heteroatoms. The summed E-state index contributed by atoms with van der Waals surface area (Å²) in [5.74, 6) is 1.73. The van der Waals surface area contributed by atoms with Crippen molar-refractivity contribution in [3.63, 3.8) is 0 Å². The maximum Gasteiger partial charge on any atom is 0.253 e. The van der Waals surface area contributed by atoms with Crippen LogP contribution in [0.2, 0.25) is 0 Å². The van der Waals surface area contributed by atoms with E-state index in [1.807, 2.05) is 76.5 Å². The third kappa shape index (κ3) is 3.71. The third-order valence-electron chi connectivity index (χ3n) is 5.33. The van der Waals surface area contributed by atoms with Gasteiger partial charge >= 0.3 is 0 Å². The molecule has 1 amide bonds. The molecular weight excluding hydrogens is 394 g/mol. The van der Waals surface area contributed by atoms with Gasteiger partial charge in [0.2, 0.25) is 0 Å². The third-order valence-corrected chi connectivity index (χ3v) is 6.25. The summed E-state index contributed by atoms with van der Waals surface area (Å²) < 4.78 is 1.93. The number of benzene rings is 1. The molecule has 0 saturated carbocycles. The first-order chi connectivity index (χ1) is 14.8. The molecule has 5 rings (SSSR count). The van der Waals surface area contributed by atoms with Gasteiger partial charge in [-0.05, 0) is 53.4 Å². The minimum Gasteiger partial charge on any atom is -0.352 e. The van der Waals surface area contributed by atoms with Crippen molar-refractivity contribution >= 4 is 23.1 Å². The van der Waals surface area contributed by atoms with Gasteiger partial charge in [-0.15, -0.1) is 21.5 Å². The minimum absolute atomic E-state index is 0.0846. The predicted octanol–water partition coefficient (Wildman–Crippen LogP) is 3.96. The normalized spacial score (nSPS) is 14.1. The van der Waals surface area contributed by atoms with Crippen molar-refractivity contribution in [1.29, 1.82) is 0 Å². The highest BCUT2D eigenvalue weighted by atomic mass is 32.1. The summed E-state index contributed by atoms with van der Waals surface area (Å²) in [5.41, 5.74) is 1.88. The molecule has 1 saturated heterocycles. The molecule has 0 radical (unpaired) electrons. The number of piperazine rings is 1. The summed E-state index contributed by atoms with van der Waals surface area (Å²) in [4.78, 5) is 18.2. The number of rotatable bonds is 4. The number of hydrogen-bond donors (Lipinski definition) is 0. The van der Waals surface area contributed by atoms with Crippen molar-refractivity contribution in [3.8, 4) is 16.3 Å². The molecule has 150 valence electrons. The van der Waals surface area contributed by atoms with Crippen LogP contribution in [0.5, 0.6) is 0 Å². The second-order valence-corrected chi connectivity index (χ2v) is 8.12. The molecule has 0 unspecified atom stereocenters. The van der Waals surface area contributed by atoms with Gasteiger partial charge in [0, 0.05) is 49.0 Å². The van der Waals surface area contributed by atoms with E-state index in [1.54, 1.807) is 11.3 Å². The van der Waals surface area contributed by atoms with Crippen molar-refractivity contribution in [2.75, 3.05) is 31.1 Å². The average molecular weight is 416 g/mol. The van der Waals surface area contributed by atoms with E-state index in [9.17, 15) is 4.79 Å². The molecule has 4 heterocycles. The molecule has 6 nitrogen and oxygen atoms in total. The van der Waals surface area contributed by atoms with Gasteiger partial charge in [0.05, 0.1) is 0 Å². The zero-order chi connectivity index (χ0) is 20.3. The standard InChI is InChI=1S/C23H21N5OS/c29-23(19-7-5-18(6-8-19)20-4-3-17-30-20)28-15-13-27(14-16-28)22-10-9-21(24-25-22)26-11-1-2-12-26/h1-12,17H,13-16H2. The van der Waals surface area contributed by atoms with Gasteiger partial charge in [0.15, 0.2) is 11.6 Å². The molecule has 0 bridgehead atoms. The van der Waals surface area contributed by atoms with Crippen LogP contribution < -0.4 is 4.90 Å². The fourth-order valence-corrected chi connectivity index (χ4v) is 4.39. The second kappa shape index (κ2) is 8.12. The van der Waals surface area contributed by atoms with Gasteiger partial charge in [-0.1, -0.05) is 18.2 Å². The van der Waals surface area contributed by atoms with E-state index >= 15 is 0 Å². The fourth-order valence-electron chi connectivity index (χ4n) is 3.65. The SMILES string of the molecule is O=C(c1ccc(-c2cccs2)cc1)N1CCN(c2ccc(-n3cccc3)nn2)CC1. The van der Waals surface area contributed by atoms with Crippen molar-refractivity contribution in [1.82, 2.24) is 19.7 Å². The van der Waals surface area contributed by atoms with E-state index < -0.39 is 0 Å². The van der Waals surface area contributed by atoms with E-state index in [1.165, 1.54) is 4.88 Å². The number of thiophene rings is 1. The van der Waals surface area contributed by atoms with Crippen molar-refractivity contribution in [2.24, 2.45) is 0 Å². The number of nitrogens with zero attached hydrogens (tertiary/aromatic N) is 5. The van der Waals surface area contributed by atoms with Crippen molar-refractivity contribution in [3.05, 3.63) is 84.0 Å². The monoisotopic (exact) mass is 415 g/mol. The first-order valence-electron chi connectivity index (χ1n) is 9.93. The summed E-state index contributed by atoms with van der Waals surface area (Å²) in [6.45, 7) is 2.84. The van der Waals surface area contributed by atoms with Crippen LogP contribution in [-0.4, -0.2) is 51.8 Å². The average Bonchev–Trinajstić information content (AvgIpc) is 3.54. The summed E-state index contributed by atoms with van der Waals surface area (Å²) in [6.07, 6.45) is 3.89. The Bertz CT molecular complexity index is 1100. The number of anilines is 1. The van der Waals surface area contributed by atoms with Crippen LogP contribution in [0, 0.1) is 0 Å². The van der Waals surface area contributed by atoms with Gasteiger partial charge < -0.3 is 14.4 Å². The Balaban J connectivity index is 1.21. The zero-order valence-corrected chi connectivity index (χ0v) is 17.2. The van der Waals surface area contributed by atoms with Crippen molar-refractivity contribution < 1.29 is 4.79 Å². The molecule has 0 atom stereocenters. The summed E-state index contributed by atoms with van der Waals surface area (Å²) in [7, 11) is 0. The van der Waals surface area contributed by atoms with Gasteiger partial charge in [-0.2, -0.15) is 0 Å². The first-order valence-corrected chi connectivity index (χ1v) is 10.8. The quantitative estimate of drug-likeness (QED) is 0.506. The highest BCUT2D eigenvalue weighted by Crippen LogP contribution is 2.25. The van der Waals surface area contributed by atoms with Crippen LogP contribution in [-0.2, 0) is 0 Å². The van der Waals surface area contributed by atoms with E-state index in [0.29, 0.717) is 13.1 Å². The van der Waals surface area contributed by atoms with Crippen LogP contribution in [0.4, 0.5) is 5.82 Å². The summed E-state index contributed by atoms with van der Waals surface area (Å²) >= 11 is 1.70. The Hall–Kier alpha value is -3.45. The number of carbonyl (C=O) groups excluding carboxylic acids is 1. The topological polar surface area (TPSA) is 54.3 Å². The molecule has 0 spiro atoms. The number of carbonyl (C=O) groups is 1. The number of hydrogen-bond acceptors (Lipinski definition) is 5. The Kier molecular flexibility index (Phi) is 5.03. The molecule has 0 aliphatic carbocycles. The lowest BCUT2D eigenvalue weighted by molar-refractivity contribution is 0.0746. The van der Waals surface area contributed by atoms with Gasteiger partial charge in [-0.25, -0.2) is 0 Å². The second-order valence-electron chi connectivity index (χ2n) is 7.17. The number of amides is 1. The summed E-state index contributed by atoms with van der Waals surface area (Å²) in [5, 5.41) is 10.8. The molecular formula is C23H21N5OS. The molecule has 1 aromatic carbocycles. The summed E-state index contributed by atoms with van der Waals surface area (Å²) in [6, 6.07) is 19.9. The van der Waals surface area contributed by atoms with E-state index in [-0.39, 0.29) is 5.91 Å². The molecule has 1 fully saturated rings. The minimum atomic E-state index is 0.0846. The van der Waals surface area contributed by atoms with E-state index in [2.05, 4.69) is 26.5 Å². The maximum absolute atomic E-state index is 12.9. The molecule has 1 aliphatic heterocycles. The molecule has 3 aromatic heterocycles. The highest BCUT2D eigenvalue weighted by Gasteiger charge is 2.23. The Morgan fingerprint density at radius 3 is 2.13 bits per heavy atom. The van der Waals surface area contributed by atoms with E-state index in [4.69, 9.17) is 0 Å². The van der Waals surface area contributed by atoms with E-state index in [0.717, 1.165) is 35.9 Å².